The predicted molar refractivity (Wildman–Crippen MR) is 73.8 cm³/mol. The second-order valence-corrected chi connectivity index (χ2v) is 6.64. The number of ether oxygens (including phenoxy) is 1. The van der Waals surface area contributed by atoms with Gasteiger partial charge in [-0.25, -0.2) is 13.1 Å². The quantitative estimate of drug-likeness (QED) is 0.817. The molecule has 0 heterocycles. The zero-order chi connectivity index (χ0) is 13.9. The molecule has 1 aromatic carbocycles. The van der Waals surface area contributed by atoms with E-state index in [-0.39, 0.29) is 11.0 Å². The van der Waals surface area contributed by atoms with E-state index in [1.165, 1.54) is 7.05 Å². The first-order valence-electron chi connectivity index (χ1n) is 6.40. The van der Waals surface area contributed by atoms with Gasteiger partial charge in [0.05, 0.1) is 6.10 Å². The van der Waals surface area contributed by atoms with Crippen molar-refractivity contribution in [3.05, 3.63) is 24.3 Å². The molecule has 0 aliphatic heterocycles. The zero-order valence-electron chi connectivity index (χ0n) is 11.2. The summed E-state index contributed by atoms with van der Waals surface area (Å²) >= 11 is 0. The maximum Gasteiger partial charge on any atom is 0.243 e. The maximum absolute atomic E-state index is 11.9. The van der Waals surface area contributed by atoms with Gasteiger partial charge in [0.1, 0.15) is 10.6 Å². The zero-order valence-corrected chi connectivity index (χ0v) is 12.0. The average Bonchev–Trinajstić information content (AvgIpc) is 2.37. The first kappa shape index (κ1) is 14.3. The van der Waals surface area contributed by atoms with E-state index in [1.54, 1.807) is 24.3 Å². The largest absolute Gasteiger partial charge is 0.489 e. The molecule has 6 heteroatoms. The molecule has 1 aliphatic rings. The van der Waals surface area contributed by atoms with E-state index in [0.29, 0.717) is 11.7 Å². The van der Waals surface area contributed by atoms with Crippen LogP contribution in [0.4, 0.5) is 0 Å². The molecule has 0 saturated heterocycles. The highest BCUT2D eigenvalue weighted by Crippen LogP contribution is 2.33. The molecule has 0 atom stereocenters. The fourth-order valence-corrected chi connectivity index (χ4v) is 3.14. The topological polar surface area (TPSA) is 67.4 Å². The Bertz CT molecular complexity index is 524. The third-order valence-electron chi connectivity index (χ3n) is 3.39. The van der Waals surface area contributed by atoms with E-state index >= 15 is 0 Å². The van der Waals surface area contributed by atoms with Gasteiger partial charge in [-0.2, -0.15) is 0 Å². The summed E-state index contributed by atoms with van der Waals surface area (Å²) in [5.41, 5.74) is 0. The van der Waals surface area contributed by atoms with Crippen molar-refractivity contribution in [1.29, 1.82) is 0 Å². The van der Waals surface area contributed by atoms with Crippen LogP contribution in [0.15, 0.2) is 29.2 Å². The third kappa shape index (κ3) is 3.26. The van der Waals surface area contributed by atoms with E-state index in [4.69, 9.17) is 4.74 Å². The summed E-state index contributed by atoms with van der Waals surface area (Å²) in [7, 11) is -0.135. The van der Waals surface area contributed by atoms with E-state index in [1.807, 2.05) is 7.05 Å². The van der Waals surface area contributed by atoms with Crippen LogP contribution in [0.5, 0.6) is 5.75 Å². The number of hydrogen-bond donors (Lipinski definition) is 2. The summed E-state index contributed by atoms with van der Waals surface area (Å²) in [5.74, 6) is 1.06. The molecule has 0 amide bonds. The summed E-state index contributed by atoms with van der Waals surface area (Å²) in [6.45, 7) is 0.982. The summed E-state index contributed by atoms with van der Waals surface area (Å²) in [5, 5.41) is 3.14. The standard InChI is InChI=1S/C13H20N2O3S/c1-14-9-10-7-11(8-10)18-12-5-3-4-6-13(12)19(16,17)15-2/h3-6,10-11,14-15H,7-9H2,1-2H3. The van der Waals surface area contributed by atoms with Gasteiger partial charge in [-0.3, -0.25) is 0 Å². The highest BCUT2D eigenvalue weighted by Gasteiger charge is 2.31. The molecule has 1 aliphatic carbocycles. The smallest absolute Gasteiger partial charge is 0.243 e. The van der Waals surface area contributed by atoms with E-state index in [2.05, 4.69) is 10.0 Å². The van der Waals surface area contributed by atoms with Gasteiger partial charge in [-0.15, -0.1) is 0 Å². The average molecular weight is 284 g/mol. The highest BCUT2D eigenvalue weighted by molar-refractivity contribution is 7.89. The van der Waals surface area contributed by atoms with Crippen molar-refractivity contribution >= 4 is 10.0 Å². The minimum atomic E-state index is -3.47. The van der Waals surface area contributed by atoms with Crippen LogP contribution >= 0.6 is 0 Å². The van der Waals surface area contributed by atoms with Crippen LogP contribution in [0, 0.1) is 5.92 Å². The number of sulfonamides is 1. The second kappa shape index (κ2) is 5.90. The van der Waals surface area contributed by atoms with E-state index < -0.39 is 10.0 Å². The lowest BCUT2D eigenvalue weighted by Gasteiger charge is -2.35. The lowest BCUT2D eigenvalue weighted by Crippen LogP contribution is -2.39. The molecule has 0 aromatic heterocycles. The van der Waals surface area contributed by atoms with Gasteiger partial charge < -0.3 is 10.1 Å². The van der Waals surface area contributed by atoms with Crippen LogP contribution in [0.1, 0.15) is 12.8 Å². The summed E-state index contributed by atoms with van der Waals surface area (Å²) in [6.07, 6.45) is 2.05. The summed E-state index contributed by atoms with van der Waals surface area (Å²) in [6, 6.07) is 6.75. The van der Waals surface area contributed by atoms with Crippen molar-refractivity contribution in [3.63, 3.8) is 0 Å². The van der Waals surface area contributed by atoms with Crippen molar-refractivity contribution in [2.24, 2.45) is 5.92 Å². The fourth-order valence-electron chi connectivity index (χ4n) is 2.29. The van der Waals surface area contributed by atoms with Crippen molar-refractivity contribution in [2.45, 2.75) is 23.8 Å². The second-order valence-electron chi connectivity index (χ2n) is 4.79. The van der Waals surface area contributed by atoms with Crippen molar-refractivity contribution in [2.75, 3.05) is 20.6 Å². The van der Waals surface area contributed by atoms with E-state index in [0.717, 1.165) is 19.4 Å². The molecule has 0 bridgehead atoms. The predicted octanol–water partition coefficient (Wildman–Crippen LogP) is 0.971. The normalized spacial score (nSPS) is 22.8. The Morgan fingerprint density at radius 3 is 2.58 bits per heavy atom. The van der Waals surface area contributed by atoms with Gasteiger partial charge in [-0.1, -0.05) is 12.1 Å². The van der Waals surface area contributed by atoms with Gasteiger partial charge in [0, 0.05) is 0 Å². The van der Waals surface area contributed by atoms with Crippen LogP contribution in [-0.2, 0) is 10.0 Å². The van der Waals surface area contributed by atoms with Gasteiger partial charge in [0.15, 0.2) is 0 Å². The Labute approximate surface area is 114 Å². The maximum atomic E-state index is 11.9. The molecular formula is C13H20N2O3S. The number of para-hydroxylation sites is 1. The van der Waals surface area contributed by atoms with Crippen LogP contribution in [0.3, 0.4) is 0 Å². The van der Waals surface area contributed by atoms with Gasteiger partial charge in [-0.05, 0) is 51.5 Å². The molecule has 2 N–H and O–H groups in total. The monoisotopic (exact) mass is 284 g/mol. The molecule has 1 saturated carbocycles. The Balaban J connectivity index is 2.06. The Hall–Kier alpha value is -1.11. The van der Waals surface area contributed by atoms with Crippen molar-refractivity contribution in [1.82, 2.24) is 10.0 Å². The van der Waals surface area contributed by atoms with Crippen molar-refractivity contribution < 1.29 is 13.2 Å². The fraction of sp³-hybridized carbons (Fsp3) is 0.538. The number of benzene rings is 1. The first-order valence-corrected chi connectivity index (χ1v) is 7.89. The first-order chi connectivity index (χ1) is 9.06. The van der Waals surface area contributed by atoms with Crippen LogP contribution < -0.4 is 14.8 Å². The Kier molecular flexibility index (Phi) is 4.44. The number of hydrogen-bond acceptors (Lipinski definition) is 4. The molecule has 106 valence electrons. The number of rotatable bonds is 6. The van der Waals surface area contributed by atoms with Crippen LogP contribution in [0.2, 0.25) is 0 Å². The van der Waals surface area contributed by atoms with Gasteiger partial charge in [0.25, 0.3) is 0 Å². The van der Waals surface area contributed by atoms with Gasteiger partial charge in [0.2, 0.25) is 10.0 Å². The number of nitrogens with one attached hydrogen (secondary N) is 2. The SMILES string of the molecule is CNCC1CC(Oc2ccccc2S(=O)(=O)NC)C1. The third-order valence-corrected chi connectivity index (χ3v) is 4.84. The molecule has 5 nitrogen and oxygen atoms in total. The molecule has 1 aromatic rings. The lowest BCUT2D eigenvalue weighted by atomic mass is 9.82. The molecule has 0 radical (unpaired) electrons. The highest BCUT2D eigenvalue weighted by atomic mass is 32.2. The minimum Gasteiger partial charge on any atom is -0.489 e. The molecule has 2 rings (SSSR count). The molecule has 19 heavy (non-hydrogen) atoms. The van der Waals surface area contributed by atoms with Crippen LogP contribution in [-0.4, -0.2) is 35.2 Å². The summed E-state index contributed by atoms with van der Waals surface area (Å²) < 4.78 is 31.9. The molecular weight excluding hydrogens is 264 g/mol. The minimum absolute atomic E-state index is 0.117. The summed E-state index contributed by atoms with van der Waals surface area (Å²) in [4.78, 5) is 0.203. The van der Waals surface area contributed by atoms with E-state index in [9.17, 15) is 8.42 Å². The van der Waals surface area contributed by atoms with Crippen LogP contribution in [0.25, 0.3) is 0 Å². The lowest BCUT2D eigenvalue weighted by molar-refractivity contribution is 0.0631. The molecule has 0 spiro atoms. The van der Waals surface area contributed by atoms with Crippen molar-refractivity contribution in [3.8, 4) is 5.75 Å². The Morgan fingerprint density at radius 2 is 1.95 bits per heavy atom. The molecule has 0 unspecified atom stereocenters. The Morgan fingerprint density at radius 1 is 1.26 bits per heavy atom. The molecule has 1 fully saturated rings. The van der Waals surface area contributed by atoms with Gasteiger partial charge >= 0.3 is 0 Å².